The molecule has 0 radical (unpaired) electrons. The Labute approximate surface area is 286 Å². The third kappa shape index (κ3) is 8.71. The first-order valence-corrected chi connectivity index (χ1v) is 17.7. The Morgan fingerprint density at radius 2 is 1.69 bits per heavy atom. The topological polar surface area (TPSA) is 138 Å². The van der Waals surface area contributed by atoms with E-state index >= 15 is 4.39 Å². The summed E-state index contributed by atoms with van der Waals surface area (Å²) in [6.45, 7) is 9.27. The van der Waals surface area contributed by atoms with E-state index in [0.29, 0.717) is 56.1 Å². The van der Waals surface area contributed by atoms with Gasteiger partial charge in [-0.3, -0.25) is 19.2 Å². The zero-order valence-electron chi connectivity index (χ0n) is 29.2. The van der Waals surface area contributed by atoms with Crippen molar-refractivity contribution >= 4 is 23.5 Å². The minimum atomic E-state index is -1.70. The van der Waals surface area contributed by atoms with E-state index in [1.54, 1.807) is 17.9 Å². The van der Waals surface area contributed by atoms with E-state index in [2.05, 4.69) is 32.8 Å². The molecule has 3 amide bonds. The fraction of sp³-hybridized carbons (Fsp3) is 0.667. The monoisotopic (exact) mass is 684 g/mol. The van der Waals surface area contributed by atoms with Gasteiger partial charge < -0.3 is 20.4 Å². The number of benzene rings is 1. The molecular weight excluding hydrogens is 634 g/mol. The molecule has 2 N–H and O–H groups in total. The average molecular weight is 685 g/mol. The van der Waals surface area contributed by atoms with E-state index in [1.807, 2.05) is 20.9 Å². The number of nitrogens with zero attached hydrogens (tertiary/aromatic N) is 4. The highest BCUT2D eigenvalue weighted by atomic mass is 19.1. The lowest BCUT2D eigenvalue weighted by atomic mass is 9.77. The number of alkyl halides is 1. The lowest BCUT2D eigenvalue weighted by Gasteiger charge is -2.40. The number of likely N-dealkylation sites (N-methyl/N-ethyl adjacent to an activating group) is 1. The summed E-state index contributed by atoms with van der Waals surface area (Å²) in [6, 6.07) is 2.60. The number of Topliss-reactive ketones (excluding diaryl/α,β-unsaturated/α-hetero) is 1. The second-order valence-corrected chi connectivity index (χ2v) is 14.5. The van der Waals surface area contributed by atoms with E-state index < -0.39 is 41.8 Å². The fourth-order valence-corrected chi connectivity index (χ4v) is 7.06. The number of halogens is 2. The molecule has 2 aliphatic carbocycles. The van der Waals surface area contributed by atoms with Crippen LogP contribution in [-0.2, 0) is 27.2 Å². The van der Waals surface area contributed by atoms with Crippen molar-refractivity contribution in [3.05, 3.63) is 46.5 Å². The van der Waals surface area contributed by atoms with E-state index in [9.17, 15) is 23.6 Å². The molecule has 1 aromatic heterocycles. The van der Waals surface area contributed by atoms with Crippen molar-refractivity contribution in [3.63, 3.8) is 0 Å². The molecule has 268 valence electrons. The molecule has 2 heterocycles. The van der Waals surface area contributed by atoms with E-state index in [0.717, 1.165) is 25.7 Å². The van der Waals surface area contributed by atoms with Gasteiger partial charge in [-0.1, -0.05) is 50.9 Å². The maximum absolute atomic E-state index is 15.8. The average Bonchev–Trinajstić information content (AvgIpc) is 3.83. The van der Waals surface area contributed by atoms with Crippen LogP contribution < -0.4 is 10.6 Å². The quantitative estimate of drug-likeness (QED) is 0.323. The van der Waals surface area contributed by atoms with Crippen LogP contribution in [0.25, 0.3) is 0 Å². The van der Waals surface area contributed by atoms with Crippen LogP contribution in [-0.4, -0.2) is 94.6 Å². The third-order valence-electron chi connectivity index (χ3n) is 10.9. The fourth-order valence-electron chi connectivity index (χ4n) is 7.06. The third-order valence-corrected chi connectivity index (χ3v) is 10.9. The molecule has 13 heteroatoms. The molecule has 3 fully saturated rings. The van der Waals surface area contributed by atoms with Gasteiger partial charge in [0.25, 0.3) is 11.8 Å². The number of carbonyl (C=O) groups is 4. The van der Waals surface area contributed by atoms with Gasteiger partial charge in [-0.05, 0) is 86.2 Å². The molecule has 2 saturated carbocycles. The Bertz CT molecular complexity index is 1510. The van der Waals surface area contributed by atoms with E-state index in [4.69, 9.17) is 4.63 Å². The van der Waals surface area contributed by atoms with Crippen molar-refractivity contribution in [1.82, 2.24) is 30.7 Å². The number of hydrogen-bond donors (Lipinski definition) is 2. The van der Waals surface area contributed by atoms with Gasteiger partial charge in [0.05, 0.1) is 6.04 Å². The minimum absolute atomic E-state index is 0.0347. The molecule has 0 spiro atoms. The van der Waals surface area contributed by atoms with Crippen molar-refractivity contribution in [2.75, 3.05) is 26.7 Å². The van der Waals surface area contributed by atoms with Gasteiger partial charge in [0, 0.05) is 38.0 Å². The summed E-state index contributed by atoms with van der Waals surface area (Å²) in [5.74, 6) is -3.28. The Morgan fingerprint density at radius 1 is 1.00 bits per heavy atom. The second-order valence-electron chi connectivity index (χ2n) is 14.5. The highest BCUT2D eigenvalue weighted by Crippen LogP contribution is 2.35. The normalized spacial score (nSPS) is 24.1. The van der Waals surface area contributed by atoms with Crippen LogP contribution in [0.1, 0.15) is 99.4 Å². The maximum atomic E-state index is 15.8. The van der Waals surface area contributed by atoms with Crippen LogP contribution in [0.2, 0.25) is 0 Å². The first kappa shape index (κ1) is 36.5. The number of aromatic nitrogens is 2. The molecule has 49 heavy (non-hydrogen) atoms. The summed E-state index contributed by atoms with van der Waals surface area (Å²) in [5, 5.41) is 13.0. The standard InChI is InChI=1S/C36H50F2N6O5/c1-6-28-33(42-49-41-28)35(47)40-32(24-9-7-20(2)8-10-24)29(45)18-26-14-13-25(17-27(26)37)22(4)31(39-34(46)30(38)23-11-12-23)36(48)44-16-15-43(5)21(3)19-44/h13-14,17,20-24,30-32H,6-12,15-16,18-19H2,1-5H3,(H,39,46)(H,40,47)/t20?,21-,22+,24?,30?,31?,32+/m1/s1. The number of piperazine rings is 1. The Morgan fingerprint density at radius 3 is 2.33 bits per heavy atom. The van der Waals surface area contributed by atoms with E-state index in [1.165, 1.54) is 12.1 Å². The molecular formula is C36H50F2N6O5. The number of rotatable bonds is 13. The lowest BCUT2D eigenvalue weighted by Crippen LogP contribution is -2.58. The SMILES string of the molecule is CCc1nonc1C(=O)N[C@H](C(=O)Cc1ccc([C@H](C)C(NC(=O)C(F)C2CC2)C(=O)N2CCN(C)[C@H](C)C2)cc1F)C1CCC(C)CC1. The first-order valence-electron chi connectivity index (χ1n) is 17.7. The number of ketones is 1. The summed E-state index contributed by atoms with van der Waals surface area (Å²) < 4.78 is 35.4. The van der Waals surface area contributed by atoms with Crippen LogP contribution in [0.3, 0.4) is 0 Å². The summed E-state index contributed by atoms with van der Waals surface area (Å²) in [4.78, 5) is 57.6. The van der Waals surface area contributed by atoms with Gasteiger partial charge in [-0.25, -0.2) is 13.4 Å². The highest BCUT2D eigenvalue weighted by molar-refractivity contribution is 5.97. The molecule has 1 aromatic carbocycles. The van der Waals surface area contributed by atoms with Crippen molar-refractivity contribution in [2.45, 2.75) is 109 Å². The van der Waals surface area contributed by atoms with E-state index in [-0.39, 0.29) is 47.2 Å². The van der Waals surface area contributed by atoms with Crippen molar-refractivity contribution in [3.8, 4) is 0 Å². The second kappa shape index (κ2) is 15.9. The molecule has 1 saturated heterocycles. The predicted molar refractivity (Wildman–Crippen MR) is 178 cm³/mol. The van der Waals surface area contributed by atoms with Gasteiger partial charge in [-0.15, -0.1) is 0 Å². The largest absolute Gasteiger partial charge is 0.341 e. The number of amides is 3. The van der Waals surface area contributed by atoms with Gasteiger partial charge in [-0.2, -0.15) is 0 Å². The first-order chi connectivity index (χ1) is 23.4. The number of aryl methyl sites for hydroxylation is 1. The Balaban J connectivity index is 1.33. The minimum Gasteiger partial charge on any atom is -0.341 e. The Kier molecular flexibility index (Phi) is 11.8. The number of carbonyl (C=O) groups excluding carboxylic acids is 4. The molecule has 3 aliphatic rings. The molecule has 1 aliphatic heterocycles. The molecule has 2 aromatic rings. The van der Waals surface area contributed by atoms with Crippen LogP contribution in [0, 0.1) is 23.6 Å². The lowest BCUT2D eigenvalue weighted by molar-refractivity contribution is -0.140. The van der Waals surface area contributed by atoms with Crippen LogP contribution in [0.4, 0.5) is 8.78 Å². The number of nitrogens with one attached hydrogen (secondary N) is 2. The van der Waals surface area contributed by atoms with Crippen LogP contribution >= 0.6 is 0 Å². The maximum Gasteiger partial charge on any atom is 0.276 e. The van der Waals surface area contributed by atoms with Gasteiger partial charge in [0.1, 0.15) is 17.6 Å². The smallest absolute Gasteiger partial charge is 0.276 e. The van der Waals surface area contributed by atoms with Crippen LogP contribution in [0.15, 0.2) is 22.8 Å². The van der Waals surface area contributed by atoms with Crippen molar-refractivity contribution in [2.24, 2.45) is 17.8 Å². The zero-order valence-corrected chi connectivity index (χ0v) is 29.2. The van der Waals surface area contributed by atoms with Crippen molar-refractivity contribution in [1.29, 1.82) is 0 Å². The van der Waals surface area contributed by atoms with Crippen LogP contribution in [0.5, 0.6) is 0 Å². The predicted octanol–water partition coefficient (Wildman–Crippen LogP) is 4.01. The van der Waals surface area contributed by atoms with Gasteiger partial charge in [0.2, 0.25) is 5.91 Å². The van der Waals surface area contributed by atoms with Gasteiger partial charge >= 0.3 is 0 Å². The Hall–Kier alpha value is -3.74. The summed E-state index contributed by atoms with van der Waals surface area (Å²) in [6.07, 6.45) is 3.09. The van der Waals surface area contributed by atoms with Crippen molar-refractivity contribution < 1.29 is 32.6 Å². The highest BCUT2D eigenvalue weighted by Gasteiger charge is 2.41. The molecule has 11 nitrogen and oxygen atoms in total. The molecule has 2 unspecified atom stereocenters. The molecule has 5 atom stereocenters. The zero-order chi connectivity index (χ0) is 35.4. The summed E-state index contributed by atoms with van der Waals surface area (Å²) in [7, 11) is 1.98. The molecule has 0 bridgehead atoms. The summed E-state index contributed by atoms with van der Waals surface area (Å²) >= 11 is 0. The molecule has 5 rings (SSSR count). The number of hydrogen-bond acceptors (Lipinski definition) is 8. The van der Waals surface area contributed by atoms with Gasteiger partial charge in [0.15, 0.2) is 17.6 Å². The summed E-state index contributed by atoms with van der Waals surface area (Å²) in [5.41, 5.74) is 1.01.